The van der Waals surface area contributed by atoms with E-state index < -0.39 is 34.3 Å². The van der Waals surface area contributed by atoms with E-state index in [1.165, 1.54) is 35.2 Å². The van der Waals surface area contributed by atoms with E-state index in [2.05, 4.69) is 5.32 Å². The summed E-state index contributed by atoms with van der Waals surface area (Å²) >= 11 is 0. The average molecular weight is 540 g/mol. The fourth-order valence-electron chi connectivity index (χ4n) is 3.87. The molecule has 3 aromatic rings. The molecule has 0 aliphatic rings. The van der Waals surface area contributed by atoms with Crippen LogP contribution in [0.1, 0.15) is 37.0 Å². The zero-order valence-corrected chi connectivity index (χ0v) is 23.0. The lowest BCUT2D eigenvalue weighted by Gasteiger charge is -2.32. The fourth-order valence-corrected chi connectivity index (χ4v) is 5.30. The van der Waals surface area contributed by atoms with Crippen LogP contribution < -0.4 is 9.62 Å². The number of aryl methyl sites for hydroxylation is 2. The molecule has 9 heteroatoms. The first-order chi connectivity index (χ1) is 18.0. The van der Waals surface area contributed by atoms with Gasteiger partial charge in [-0.2, -0.15) is 0 Å². The summed E-state index contributed by atoms with van der Waals surface area (Å²) in [6.07, 6.45) is 0.722. The summed E-state index contributed by atoms with van der Waals surface area (Å²) in [6.45, 7) is 7.11. The van der Waals surface area contributed by atoms with Crippen LogP contribution in [0.15, 0.2) is 77.7 Å². The smallest absolute Gasteiger partial charge is 0.264 e. The molecule has 2 amide bonds. The average Bonchev–Trinajstić information content (AvgIpc) is 2.90. The third-order valence-electron chi connectivity index (χ3n) is 6.20. The van der Waals surface area contributed by atoms with Crippen molar-refractivity contribution in [3.05, 3.63) is 95.3 Å². The van der Waals surface area contributed by atoms with Crippen molar-refractivity contribution >= 4 is 27.5 Å². The molecule has 0 aliphatic carbocycles. The van der Waals surface area contributed by atoms with Crippen molar-refractivity contribution in [2.24, 2.45) is 0 Å². The number of sulfonamides is 1. The molecule has 0 spiro atoms. The molecule has 202 valence electrons. The third-order valence-corrected chi connectivity index (χ3v) is 7.97. The van der Waals surface area contributed by atoms with Crippen LogP contribution in [0.3, 0.4) is 0 Å². The number of para-hydroxylation sites is 1. The van der Waals surface area contributed by atoms with Gasteiger partial charge < -0.3 is 10.2 Å². The van der Waals surface area contributed by atoms with Crippen molar-refractivity contribution in [1.29, 1.82) is 0 Å². The van der Waals surface area contributed by atoms with Crippen LogP contribution >= 0.6 is 0 Å². The molecule has 0 radical (unpaired) electrons. The van der Waals surface area contributed by atoms with Crippen LogP contribution in [0.25, 0.3) is 0 Å². The first-order valence-corrected chi connectivity index (χ1v) is 13.9. The molecular weight excluding hydrogens is 505 g/mol. The molecule has 0 heterocycles. The van der Waals surface area contributed by atoms with E-state index in [4.69, 9.17) is 0 Å². The van der Waals surface area contributed by atoms with Crippen LogP contribution in [0.2, 0.25) is 0 Å². The Morgan fingerprint density at radius 3 is 2.08 bits per heavy atom. The minimum atomic E-state index is -4.32. The molecule has 1 unspecified atom stereocenters. The second-order valence-electron chi connectivity index (χ2n) is 9.25. The van der Waals surface area contributed by atoms with E-state index >= 15 is 0 Å². The Morgan fingerprint density at radius 2 is 1.50 bits per heavy atom. The predicted octanol–water partition coefficient (Wildman–Crippen LogP) is 4.58. The van der Waals surface area contributed by atoms with Gasteiger partial charge in [0.05, 0.1) is 10.6 Å². The molecular formula is C29H34FN3O4S. The number of anilines is 1. The maximum atomic E-state index is 14.9. The Kier molecular flexibility index (Phi) is 9.63. The van der Waals surface area contributed by atoms with Crippen molar-refractivity contribution in [3.63, 3.8) is 0 Å². The first kappa shape index (κ1) is 28.8. The monoisotopic (exact) mass is 539 g/mol. The number of halogens is 1. The van der Waals surface area contributed by atoms with Crippen LogP contribution in [-0.4, -0.2) is 44.3 Å². The minimum Gasteiger partial charge on any atom is -0.354 e. The molecule has 1 atom stereocenters. The number of hydrogen-bond acceptors (Lipinski definition) is 4. The molecule has 7 nitrogen and oxygen atoms in total. The fraction of sp³-hybridized carbons (Fsp3) is 0.310. The summed E-state index contributed by atoms with van der Waals surface area (Å²) in [6, 6.07) is 18.1. The maximum Gasteiger partial charge on any atom is 0.264 e. The lowest BCUT2D eigenvalue weighted by molar-refractivity contribution is -0.139. The molecule has 0 aromatic heterocycles. The Hall–Kier alpha value is -3.72. The Balaban J connectivity index is 2.02. The number of hydrogen-bond donors (Lipinski definition) is 1. The second-order valence-corrected chi connectivity index (χ2v) is 11.1. The summed E-state index contributed by atoms with van der Waals surface area (Å²) < 4.78 is 43.1. The molecule has 1 N–H and O–H groups in total. The van der Waals surface area contributed by atoms with Gasteiger partial charge in [-0.15, -0.1) is 0 Å². The van der Waals surface area contributed by atoms with Crippen molar-refractivity contribution < 1.29 is 22.4 Å². The van der Waals surface area contributed by atoms with Gasteiger partial charge in [0.15, 0.2) is 0 Å². The molecule has 0 fully saturated rings. The van der Waals surface area contributed by atoms with Crippen LogP contribution in [0.4, 0.5) is 10.1 Å². The van der Waals surface area contributed by atoms with Gasteiger partial charge in [-0.25, -0.2) is 12.8 Å². The number of rotatable bonds is 11. The standard InChI is InChI=1S/C29H34FN3O4S/c1-5-18-31-29(35)23(4)32(19-24-14-10-21(2)11-15-24)28(34)20-33(27-9-7-6-8-26(27)30)38(36,37)25-16-12-22(3)13-17-25/h6-17,23H,5,18-20H2,1-4H3,(H,31,35). The second kappa shape index (κ2) is 12.7. The zero-order chi connectivity index (χ0) is 27.9. The Morgan fingerprint density at radius 1 is 0.921 bits per heavy atom. The summed E-state index contributed by atoms with van der Waals surface area (Å²) in [5, 5.41) is 2.79. The molecule has 0 saturated carbocycles. The third kappa shape index (κ3) is 6.98. The summed E-state index contributed by atoms with van der Waals surface area (Å²) in [4.78, 5) is 27.9. The minimum absolute atomic E-state index is 0.0713. The van der Waals surface area contributed by atoms with E-state index in [1.807, 2.05) is 45.0 Å². The molecule has 0 aliphatic heterocycles. The highest BCUT2D eigenvalue weighted by atomic mass is 32.2. The highest BCUT2D eigenvalue weighted by Gasteiger charge is 2.33. The summed E-state index contributed by atoms with van der Waals surface area (Å²) in [5.41, 5.74) is 2.42. The van der Waals surface area contributed by atoms with E-state index in [0.717, 1.165) is 33.5 Å². The van der Waals surface area contributed by atoms with Gasteiger partial charge >= 0.3 is 0 Å². The number of nitrogens with zero attached hydrogens (tertiary/aromatic N) is 2. The van der Waals surface area contributed by atoms with E-state index in [0.29, 0.717) is 6.54 Å². The number of amides is 2. The van der Waals surface area contributed by atoms with E-state index in [-0.39, 0.29) is 23.0 Å². The van der Waals surface area contributed by atoms with Gasteiger partial charge in [-0.3, -0.25) is 13.9 Å². The number of nitrogens with one attached hydrogen (secondary N) is 1. The van der Waals surface area contributed by atoms with Crippen molar-refractivity contribution in [2.75, 3.05) is 17.4 Å². The Bertz CT molecular complexity index is 1360. The molecule has 38 heavy (non-hydrogen) atoms. The summed E-state index contributed by atoms with van der Waals surface area (Å²) in [5.74, 6) is -1.77. The highest BCUT2D eigenvalue weighted by Crippen LogP contribution is 2.27. The topological polar surface area (TPSA) is 86.8 Å². The molecule has 3 aromatic carbocycles. The van der Waals surface area contributed by atoms with Crippen molar-refractivity contribution in [2.45, 2.75) is 51.6 Å². The largest absolute Gasteiger partial charge is 0.354 e. The highest BCUT2D eigenvalue weighted by molar-refractivity contribution is 7.92. The lowest BCUT2D eigenvalue weighted by Crippen LogP contribution is -2.51. The number of benzene rings is 3. The molecule has 3 rings (SSSR count). The molecule has 0 saturated heterocycles. The first-order valence-electron chi connectivity index (χ1n) is 12.5. The zero-order valence-electron chi connectivity index (χ0n) is 22.1. The van der Waals surface area contributed by atoms with E-state index in [1.54, 1.807) is 19.1 Å². The SMILES string of the molecule is CCCNC(=O)C(C)N(Cc1ccc(C)cc1)C(=O)CN(c1ccccc1F)S(=O)(=O)c1ccc(C)cc1. The quantitative estimate of drug-likeness (QED) is 0.387. The van der Waals surface area contributed by atoms with Gasteiger partial charge in [0.2, 0.25) is 11.8 Å². The predicted molar refractivity (Wildman–Crippen MR) is 147 cm³/mol. The van der Waals surface area contributed by atoms with Gasteiger partial charge in [0, 0.05) is 13.1 Å². The maximum absolute atomic E-state index is 14.9. The van der Waals surface area contributed by atoms with Crippen molar-refractivity contribution in [1.82, 2.24) is 10.2 Å². The number of carbonyl (C=O) groups excluding carboxylic acids is 2. The Labute approximate surface area is 224 Å². The van der Waals surface area contributed by atoms with Gasteiger partial charge in [-0.05, 0) is 57.0 Å². The van der Waals surface area contributed by atoms with Gasteiger partial charge in [-0.1, -0.05) is 66.6 Å². The molecule has 0 bridgehead atoms. The van der Waals surface area contributed by atoms with Crippen LogP contribution in [0.5, 0.6) is 0 Å². The number of carbonyl (C=O) groups is 2. The summed E-state index contributed by atoms with van der Waals surface area (Å²) in [7, 11) is -4.32. The van der Waals surface area contributed by atoms with Crippen LogP contribution in [0, 0.1) is 19.7 Å². The van der Waals surface area contributed by atoms with E-state index in [9.17, 15) is 22.4 Å². The van der Waals surface area contributed by atoms with Crippen LogP contribution in [-0.2, 0) is 26.2 Å². The van der Waals surface area contributed by atoms with Crippen molar-refractivity contribution in [3.8, 4) is 0 Å². The van der Waals surface area contributed by atoms with Gasteiger partial charge in [0.25, 0.3) is 10.0 Å². The lowest BCUT2D eigenvalue weighted by atomic mass is 10.1. The normalized spacial score (nSPS) is 12.0. The van der Waals surface area contributed by atoms with Gasteiger partial charge in [0.1, 0.15) is 18.4 Å².